The number of rotatable bonds is 3. The SMILES string of the molecule is CC(C)(C)NC(=O)C(C)(C)C(=O)NC1CC1. The third-order valence-corrected chi connectivity index (χ3v) is 2.54. The average Bonchev–Trinajstić information content (AvgIpc) is 2.84. The monoisotopic (exact) mass is 226 g/mol. The van der Waals surface area contributed by atoms with Crippen molar-refractivity contribution in [3.8, 4) is 0 Å². The van der Waals surface area contributed by atoms with Crippen LogP contribution >= 0.6 is 0 Å². The van der Waals surface area contributed by atoms with E-state index in [2.05, 4.69) is 10.6 Å². The molecule has 2 N–H and O–H groups in total. The Balaban J connectivity index is 2.59. The van der Waals surface area contributed by atoms with Gasteiger partial charge in [-0.25, -0.2) is 0 Å². The molecule has 0 aromatic heterocycles. The number of nitrogens with one attached hydrogen (secondary N) is 2. The molecule has 0 radical (unpaired) electrons. The summed E-state index contributed by atoms with van der Waals surface area (Å²) in [4.78, 5) is 23.8. The van der Waals surface area contributed by atoms with Gasteiger partial charge in [0.2, 0.25) is 11.8 Å². The fraction of sp³-hybridized carbons (Fsp3) is 0.833. The van der Waals surface area contributed by atoms with Gasteiger partial charge in [0.25, 0.3) is 0 Å². The van der Waals surface area contributed by atoms with Crippen molar-refractivity contribution in [3.05, 3.63) is 0 Å². The second-order valence-electron chi connectivity index (χ2n) is 6.08. The Kier molecular flexibility index (Phi) is 3.31. The molecule has 92 valence electrons. The number of hydrogen-bond acceptors (Lipinski definition) is 2. The van der Waals surface area contributed by atoms with Crippen molar-refractivity contribution in [2.45, 2.75) is 59.0 Å². The van der Waals surface area contributed by atoms with Crippen LogP contribution in [0.1, 0.15) is 47.5 Å². The molecule has 0 aromatic rings. The zero-order valence-corrected chi connectivity index (χ0v) is 10.8. The molecule has 1 aliphatic carbocycles. The van der Waals surface area contributed by atoms with E-state index in [0.29, 0.717) is 0 Å². The van der Waals surface area contributed by atoms with Gasteiger partial charge in [0.15, 0.2) is 0 Å². The van der Waals surface area contributed by atoms with Gasteiger partial charge in [-0.05, 0) is 47.5 Å². The minimum absolute atomic E-state index is 0.184. The molecule has 0 aliphatic heterocycles. The number of carbonyl (C=O) groups is 2. The van der Waals surface area contributed by atoms with E-state index in [1.54, 1.807) is 13.8 Å². The molecule has 0 heterocycles. The first-order chi connectivity index (χ1) is 7.13. The molecule has 1 rings (SSSR count). The Labute approximate surface area is 97.2 Å². The standard InChI is InChI=1S/C12H22N2O2/c1-11(2,3)14-10(16)12(4,5)9(15)13-8-6-7-8/h8H,6-7H2,1-5H3,(H,13,15)(H,14,16). The lowest BCUT2D eigenvalue weighted by Crippen LogP contribution is -2.53. The summed E-state index contributed by atoms with van der Waals surface area (Å²) in [6.07, 6.45) is 2.06. The lowest BCUT2D eigenvalue weighted by Gasteiger charge is -2.28. The minimum Gasteiger partial charge on any atom is -0.352 e. The van der Waals surface area contributed by atoms with Gasteiger partial charge in [0.05, 0.1) is 0 Å². The maximum Gasteiger partial charge on any atom is 0.235 e. The summed E-state index contributed by atoms with van der Waals surface area (Å²) in [6.45, 7) is 9.02. The van der Waals surface area contributed by atoms with Crippen LogP contribution in [0.15, 0.2) is 0 Å². The molecule has 4 heteroatoms. The van der Waals surface area contributed by atoms with Crippen LogP contribution in [0.5, 0.6) is 0 Å². The van der Waals surface area contributed by atoms with Crippen LogP contribution in [-0.4, -0.2) is 23.4 Å². The smallest absolute Gasteiger partial charge is 0.235 e. The van der Waals surface area contributed by atoms with Crippen molar-refractivity contribution in [2.75, 3.05) is 0 Å². The normalized spacial score (nSPS) is 16.8. The molecule has 0 spiro atoms. The van der Waals surface area contributed by atoms with Gasteiger partial charge in [-0.15, -0.1) is 0 Å². The molecule has 0 aromatic carbocycles. The number of carbonyl (C=O) groups excluding carboxylic acids is 2. The highest BCUT2D eigenvalue weighted by Gasteiger charge is 2.39. The number of hydrogen-bond donors (Lipinski definition) is 2. The molecule has 4 nitrogen and oxygen atoms in total. The Morgan fingerprint density at radius 1 is 1.00 bits per heavy atom. The number of amides is 2. The summed E-state index contributed by atoms with van der Waals surface area (Å²) in [6, 6.07) is 0.286. The van der Waals surface area contributed by atoms with Gasteiger partial charge in [-0.3, -0.25) is 9.59 Å². The van der Waals surface area contributed by atoms with E-state index in [0.717, 1.165) is 12.8 Å². The molecule has 0 unspecified atom stereocenters. The van der Waals surface area contributed by atoms with Crippen LogP contribution in [-0.2, 0) is 9.59 Å². The van der Waals surface area contributed by atoms with Gasteiger partial charge >= 0.3 is 0 Å². The second kappa shape index (κ2) is 4.07. The second-order valence-corrected chi connectivity index (χ2v) is 6.08. The first-order valence-electron chi connectivity index (χ1n) is 5.76. The molecular formula is C12H22N2O2. The molecule has 0 atom stereocenters. The predicted molar refractivity (Wildman–Crippen MR) is 62.8 cm³/mol. The third-order valence-electron chi connectivity index (χ3n) is 2.54. The zero-order chi connectivity index (χ0) is 12.6. The Morgan fingerprint density at radius 3 is 1.88 bits per heavy atom. The van der Waals surface area contributed by atoms with Crippen LogP contribution in [0.3, 0.4) is 0 Å². The van der Waals surface area contributed by atoms with Gasteiger partial charge in [-0.1, -0.05) is 0 Å². The highest BCUT2D eigenvalue weighted by atomic mass is 16.2. The molecule has 1 aliphatic rings. The Hall–Kier alpha value is -1.06. The van der Waals surface area contributed by atoms with E-state index < -0.39 is 5.41 Å². The molecule has 1 saturated carbocycles. The van der Waals surface area contributed by atoms with E-state index in [-0.39, 0.29) is 23.4 Å². The molecule has 0 bridgehead atoms. The fourth-order valence-corrected chi connectivity index (χ4v) is 1.19. The first kappa shape index (κ1) is 13.0. The summed E-state index contributed by atoms with van der Waals surface area (Å²) in [7, 11) is 0. The fourth-order valence-electron chi connectivity index (χ4n) is 1.19. The summed E-state index contributed by atoms with van der Waals surface area (Å²) >= 11 is 0. The van der Waals surface area contributed by atoms with Gasteiger partial charge < -0.3 is 10.6 Å². The maximum atomic E-state index is 12.0. The van der Waals surface area contributed by atoms with Crippen LogP contribution in [0.25, 0.3) is 0 Å². The Bertz CT molecular complexity index is 299. The lowest BCUT2D eigenvalue weighted by atomic mass is 9.89. The average molecular weight is 226 g/mol. The highest BCUT2D eigenvalue weighted by Crippen LogP contribution is 2.23. The van der Waals surface area contributed by atoms with E-state index in [4.69, 9.17) is 0 Å². The van der Waals surface area contributed by atoms with E-state index in [1.807, 2.05) is 20.8 Å². The maximum absolute atomic E-state index is 12.0. The van der Waals surface area contributed by atoms with Gasteiger partial charge in [-0.2, -0.15) is 0 Å². The molecule has 1 fully saturated rings. The summed E-state index contributed by atoms with van der Waals surface area (Å²) < 4.78 is 0. The minimum atomic E-state index is -1.00. The lowest BCUT2D eigenvalue weighted by molar-refractivity contribution is -0.142. The van der Waals surface area contributed by atoms with Crippen LogP contribution < -0.4 is 10.6 Å². The molecule has 0 saturated heterocycles. The van der Waals surface area contributed by atoms with E-state index in [9.17, 15) is 9.59 Å². The van der Waals surface area contributed by atoms with Crippen LogP contribution in [0, 0.1) is 5.41 Å². The third kappa shape index (κ3) is 3.51. The molecular weight excluding hydrogens is 204 g/mol. The molecule has 2 amide bonds. The zero-order valence-electron chi connectivity index (χ0n) is 10.8. The van der Waals surface area contributed by atoms with E-state index >= 15 is 0 Å². The van der Waals surface area contributed by atoms with Gasteiger partial charge in [0, 0.05) is 11.6 Å². The van der Waals surface area contributed by atoms with Gasteiger partial charge in [0.1, 0.15) is 5.41 Å². The van der Waals surface area contributed by atoms with Crippen LogP contribution in [0.4, 0.5) is 0 Å². The van der Waals surface area contributed by atoms with Crippen molar-refractivity contribution in [3.63, 3.8) is 0 Å². The predicted octanol–water partition coefficient (Wildman–Crippen LogP) is 1.21. The summed E-state index contributed by atoms with van der Waals surface area (Å²) in [5, 5.41) is 5.70. The van der Waals surface area contributed by atoms with Crippen molar-refractivity contribution in [1.82, 2.24) is 10.6 Å². The molecule has 16 heavy (non-hydrogen) atoms. The van der Waals surface area contributed by atoms with Crippen LogP contribution in [0.2, 0.25) is 0 Å². The van der Waals surface area contributed by atoms with Crippen molar-refractivity contribution in [2.24, 2.45) is 5.41 Å². The van der Waals surface area contributed by atoms with E-state index in [1.165, 1.54) is 0 Å². The largest absolute Gasteiger partial charge is 0.352 e. The van der Waals surface area contributed by atoms with Crippen molar-refractivity contribution < 1.29 is 9.59 Å². The first-order valence-corrected chi connectivity index (χ1v) is 5.76. The quantitative estimate of drug-likeness (QED) is 0.711. The van der Waals surface area contributed by atoms with Crippen molar-refractivity contribution in [1.29, 1.82) is 0 Å². The highest BCUT2D eigenvalue weighted by molar-refractivity contribution is 6.04. The Morgan fingerprint density at radius 2 is 1.50 bits per heavy atom. The van der Waals surface area contributed by atoms with Crippen molar-refractivity contribution >= 4 is 11.8 Å². The summed E-state index contributed by atoms with van der Waals surface area (Å²) in [5.74, 6) is -0.407. The summed E-state index contributed by atoms with van der Waals surface area (Å²) in [5.41, 5.74) is -1.32. The topological polar surface area (TPSA) is 58.2 Å².